The van der Waals surface area contributed by atoms with Gasteiger partial charge < -0.3 is 5.32 Å². The normalized spacial score (nSPS) is 12.4. The number of halogens is 1. The molecule has 0 bridgehead atoms. The molecule has 102 valence electrons. The van der Waals surface area contributed by atoms with Crippen LogP contribution in [-0.2, 0) is 20.4 Å². The van der Waals surface area contributed by atoms with Crippen LogP contribution in [0.3, 0.4) is 0 Å². The summed E-state index contributed by atoms with van der Waals surface area (Å²) in [6.45, 7) is 6.00. The molecule has 1 N–H and O–H groups in total. The molecule has 0 radical (unpaired) electrons. The summed E-state index contributed by atoms with van der Waals surface area (Å²) in [5.74, 6) is -0.0475. The van der Waals surface area contributed by atoms with E-state index < -0.39 is 14.5 Å². The van der Waals surface area contributed by atoms with Crippen LogP contribution in [0.25, 0.3) is 0 Å². The number of hydrogen-bond donors (Lipinski definition) is 1. The lowest BCUT2D eigenvalue weighted by Crippen LogP contribution is -2.35. The van der Waals surface area contributed by atoms with E-state index in [4.69, 9.17) is 10.7 Å². The van der Waals surface area contributed by atoms with Crippen molar-refractivity contribution in [2.45, 2.75) is 37.9 Å². The Bertz CT molecular complexity index is 534. The van der Waals surface area contributed by atoms with E-state index in [2.05, 4.69) is 5.32 Å². The first-order valence-electron chi connectivity index (χ1n) is 5.48. The van der Waals surface area contributed by atoms with Crippen LogP contribution < -0.4 is 5.32 Å². The molecule has 1 aromatic heterocycles. The molecule has 1 aromatic rings. The molecule has 0 aliphatic carbocycles. The lowest BCUT2D eigenvalue weighted by Gasteiger charge is -2.21. The Hall–Kier alpha value is -0.590. The minimum atomic E-state index is -3.68. The number of nitrogens with one attached hydrogen (secondary N) is 1. The van der Waals surface area contributed by atoms with Crippen LogP contribution in [0.15, 0.2) is 16.3 Å². The zero-order chi connectivity index (χ0) is 14.0. The van der Waals surface area contributed by atoms with Crippen molar-refractivity contribution < 1.29 is 13.2 Å². The van der Waals surface area contributed by atoms with Crippen molar-refractivity contribution >= 4 is 37.0 Å². The van der Waals surface area contributed by atoms with Gasteiger partial charge in [0.1, 0.15) is 4.21 Å². The number of thiophene rings is 1. The standard InChI is InChI=1S/C11H16ClNO3S2/c1-4-11(2,3)10(14)13-7-8-5-6-9(17-8)18(12,15)16/h5-6H,4,7H2,1-3H3,(H,13,14). The highest BCUT2D eigenvalue weighted by atomic mass is 35.7. The fourth-order valence-corrected chi connectivity index (χ4v) is 3.21. The quantitative estimate of drug-likeness (QED) is 0.851. The van der Waals surface area contributed by atoms with Gasteiger partial charge in [-0.15, -0.1) is 11.3 Å². The van der Waals surface area contributed by atoms with Gasteiger partial charge in [0.15, 0.2) is 0 Å². The van der Waals surface area contributed by atoms with Crippen LogP contribution in [0.4, 0.5) is 0 Å². The molecule has 1 amide bonds. The molecular formula is C11H16ClNO3S2. The van der Waals surface area contributed by atoms with Gasteiger partial charge in [-0.2, -0.15) is 0 Å². The largest absolute Gasteiger partial charge is 0.351 e. The summed E-state index contributed by atoms with van der Waals surface area (Å²) in [6.07, 6.45) is 0.741. The predicted octanol–water partition coefficient (Wildman–Crippen LogP) is 2.73. The summed E-state index contributed by atoms with van der Waals surface area (Å²) in [6, 6.07) is 3.10. The molecule has 4 nitrogen and oxygen atoms in total. The molecule has 0 saturated heterocycles. The van der Waals surface area contributed by atoms with Gasteiger partial charge in [-0.05, 0) is 18.6 Å². The van der Waals surface area contributed by atoms with Gasteiger partial charge in [-0.1, -0.05) is 20.8 Å². The van der Waals surface area contributed by atoms with Gasteiger partial charge >= 0.3 is 0 Å². The van der Waals surface area contributed by atoms with Crippen molar-refractivity contribution in [1.82, 2.24) is 5.32 Å². The number of carbonyl (C=O) groups is 1. The Morgan fingerprint density at radius 3 is 2.50 bits per heavy atom. The van der Waals surface area contributed by atoms with Crippen molar-refractivity contribution in [3.8, 4) is 0 Å². The third-order valence-corrected chi connectivity index (χ3v) is 5.98. The van der Waals surface area contributed by atoms with E-state index in [1.165, 1.54) is 6.07 Å². The summed E-state index contributed by atoms with van der Waals surface area (Å²) in [5, 5.41) is 2.79. The van der Waals surface area contributed by atoms with Crippen LogP contribution >= 0.6 is 22.0 Å². The highest BCUT2D eigenvalue weighted by Crippen LogP contribution is 2.25. The molecule has 0 spiro atoms. The Morgan fingerprint density at radius 2 is 2.06 bits per heavy atom. The first-order chi connectivity index (χ1) is 8.16. The van der Waals surface area contributed by atoms with E-state index in [1.807, 2.05) is 20.8 Å². The maximum atomic E-state index is 11.8. The highest BCUT2D eigenvalue weighted by molar-refractivity contribution is 8.15. The molecule has 0 unspecified atom stereocenters. The molecule has 0 fully saturated rings. The SMILES string of the molecule is CCC(C)(C)C(=O)NCc1ccc(S(=O)(=O)Cl)s1. The molecule has 0 atom stereocenters. The van der Waals surface area contributed by atoms with Crippen molar-refractivity contribution in [1.29, 1.82) is 0 Å². The van der Waals surface area contributed by atoms with Crippen LogP contribution in [0.5, 0.6) is 0 Å². The van der Waals surface area contributed by atoms with Crippen molar-refractivity contribution in [2.24, 2.45) is 5.41 Å². The topological polar surface area (TPSA) is 63.2 Å². The Morgan fingerprint density at radius 1 is 1.44 bits per heavy atom. The summed E-state index contributed by atoms with van der Waals surface area (Å²) in [5.41, 5.74) is -0.418. The van der Waals surface area contributed by atoms with E-state index in [0.29, 0.717) is 6.54 Å². The molecule has 0 aliphatic heterocycles. The molecular weight excluding hydrogens is 294 g/mol. The van der Waals surface area contributed by atoms with Crippen molar-refractivity contribution in [3.63, 3.8) is 0 Å². The predicted molar refractivity (Wildman–Crippen MR) is 73.3 cm³/mol. The molecule has 7 heteroatoms. The number of carbonyl (C=O) groups excluding carboxylic acids is 1. The fraction of sp³-hybridized carbons (Fsp3) is 0.545. The van der Waals surface area contributed by atoms with Gasteiger partial charge in [0.2, 0.25) is 5.91 Å². The monoisotopic (exact) mass is 309 g/mol. The number of amides is 1. The highest BCUT2D eigenvalue weighted by Gasteiger charge is 2.25. The molecule has 18 heavy (non-hydrogen) atoms. The first-order valence-corrected chi connectivity index (χ1v) is 8.61. The Kier molecular flexibility index (Phi) is 4.80. The molecule has 0 aliphatic rings. The van der Waals surface area contributed by atoms with Crippen LogP contribution in [0, 0.1) is 5.41 Å². The fourth-order valence-electron chi connectivity index (χ4n) is 1.15. The second-order valence-electron chi connectivity index (χ2n) is 4.58. The lowest BCUT2D eigenvalue weighted by molar-refractivity contribution is -0.129. The second kappa shape index (κ2) is 5.59. The van der Waals surface area contributed by atoms with Crippen molar-refractivity contribution in [2.75, 3.05) is 0 Å². The molecule has 1 rings (SSSR count). The summed E-state index contributed by atoms with van der Waals surface area (Å²) >= 11 is 1.07. The number of rotatable bonds is 5. The maximum absolute atomic E-state index is 11.8. The number of hydrogen-bond acceptors (Lipinski definition) is 4. The molecule has 0 saturated carbocycles. The minimum Gasteiger partial charge on any atom is -0.351 e. The summed E-state index contributed by atoms with van der Waals surface area (Å²) in [4.78, 5) is 12.6. The van der Waals surface area contributed by atoms with Crippen LogP contribution in [0.2, 0.25) is 0 Å². The summed E-state index contributed by atoms with van der Waals surface area (Å²) < 4.78 is 22.3. The zero-order valence-corrected chi connectivity index (χ0v) is 12.9. The average Bonchev–Trinajstić information content (AvgIpc) is 2.74. The van der Waals surface area contributed by atoms with Gasteiger partial charge in [0, 0.05) is 21.0 Å². The minimum absolute atomic E-state index is 0.0475. The zero-order valence-electron chi connectivity index (χ0n) is 10.5. The van der Waals surface area contributed by atoms with Crippen molar-refractivity contribution in [3.05, 3.63) is 17.0 Å². The second-order valence-corrected chi connectivity index (χ2v) is 8.54. The third kappa shape index (κ3) is 3.96. The van der Waals surface area contributed by atoms with Gasteiger partial charge in [-0.3, -0.25) is 4.79 Å². The van der Waals surface area contributed by atoms with Crippen LogP contribution in [0.1, 0.15) is 32.1 Å². The van der Waals surface area contributed by atoms with E-state index in [9.17, 15) is 13.2 Å². The van der Waals surface area contributed by atoms with E-state index in [1.54, 1.807) is 6.07 Å². The van der Waals surface area contributed by atoms with Crippen LogP contribution in [-0.4, -0.2) is 14.3 Å². The van der Waals surface area contributed by atoms with Gasteiger partial charge in [-0.25, -0.2) is 8.42 Å². The van der Waals surface area contributed by atoms with E-state index in [-0.39, 0.29) is 10.1 Å². The van der Waals surface area contributed by atoms with Gasteiger partial charge in [0.05, 0.1) is 6.54 Å². The third-order valence-electron chi connectivity index (χ3n) is 2.80. The smallest absolute Gasteiger partial charge is 0.270 e. The Balaban J connectivity index is 2.66. The lowest BCUT2D eigenvalue weighted by atomic mass is 9.89. The maximum Gasteiger partial charge on any atom is 0.270 e. The van der Waals surface area contributed by atoms with E-state index in [0.717, 1.165) is 22.6 Å². The summed E-state index contributed by atoms with van der Waals surface area (Å²) in [7, 11) is 1.55. The first kappa shape index (κ1) is 15.5. The average molecular weight is 310 g/mol. The Labute approximate surface area is 116 Å². The molecule has 0 aromatic carbocycles. The molecule has 1 heterocycles. The van der Waals surface area contributed by atoms with E-state index >= 15 is 0 Å². The van der Waals surface area contributed by atoms with Gasteiger partial charge in [0.25, 0.3) is 9.05 Å².